The molecule has 0 spiro atoms. The molecule has 0 atom stereocenters. The Morgan fingerprint density at radius 3 is 1.98 bits per heavy atom. The summed E-state index contributed by atoms with van der Waals surface area (Å²) in [5.41, 5.74) is -10.9. The van der Waals surface area contributed by atoms with Gasteiger partial charge in [-0.05, 0) is 36.4 Å². The van der Waals surface area contributed by atoms with Crippen molar-refractivity contribution in [1.82, 2.24) is 0 Å². The molecular weight excluding hydrogens is 637 g/mol. The molecule has 0 radical (unpaired) electrons. The van der Waals surface area contributed by atoms with E-state index in [-0.39, 0.29) is 17.8 Å². The SMILES string of the molecule is COc1c(NC(=O)c2ccc(F)cc2F)cccc1C(=O)Nc1c(Cl)cc(C(F)(C(F)(F)F)C(F)(F)F)cc1OC(F)F. The fourth-order valence-corrected chi connectivity index (χ4v) is 3.91. The van der Waals surface area contributed by atoms with Crippen molar-refractivity contribution in [3.05, 3.63) is 81.9 Å². The van der Waals surface area contributed by atoms with Crippen LogP contribution in [-0.2, 0) is 5.67 Å². The number of methoxy groups -OCH3 is 1. The average Bonchev–Trinajstić information content (AvgIpc) is 2.87. The third-order valence-corrected chi connectivity index (χ3v) is 5.87. The minimum atomic E-state index is -6.63. The van der Waals surface area contributed by atoms with Crippen LogP contribution in [0.25, 0.3) is 0 Å². The molecule has 0 aliphatic heterocycles. The number of halogens is 12. The zero-order valence-corrected chi connectivity index (χ0v) is 21.6. The fourth-order valence-electron chi connectivity index (χ4n) is 3.66. The van der Waals surface area contributed by atoms with E-state index in [1.54, 1.807) is 0 Å². The first-order chi connectivity index (χ1) is 19.8. The van der Waals surface area contributed by atoms with Crippen molar-refractivity contribution >= 4 is 34.8 Å². The van der Waals surface area contributed by atoms with E-state index in [1.165, 1.54) is 0 Å². The molecule has 0 saturated heterocycles. The first-order valence-corrected chi connectivity index (χ1v) is 11.6. The van der Waals surface area contributed by atoms with E-state index < -0.39 is 87.0 Å². The maximum absolute atomic E-state index is 14.6. The monoisotopic (exact) mass is 650 g/mol. The molecule has 0 heterocycles. The quantitative estimate of drug-likeness (QED) is 0.242. The zero-order valence-electron chi connectivity index (χ0n) is 20.9. The molecule has 3 rings (SSSR count). The smallest absolute Gasteiger partial charge is 0.435 e. The zero-order chi connectivity index (χ0) is 32.5. The second-order valence-electron chi connectivity index (χ2n) is 8.28. The molecule has 0 bridgehead atoms. The van der Waals surface area contributed by atoms with E-state index in [9.17, 15) is 57.9 Å². The molecule has 0 saturated carbocycles. The Kier molecular flexibility index (Phi) is 9.38. The van der Waals surface area contributed by atoms with Gasteiger partial charge in [0.15, 0.2) is 11.5 Å². The Balaban J connectivity index is 2.05. The second-order valence-corrected chi connectivity index (χ2v) is 8.69. The average molecular weight is 651 g/mol. The summed E-state index contributed by atoms with van der Waals surface area (Å²) in [5, 5.41) is 2.77. The molecule has 0 aromatic heterocycles. The third kappa shape index (κ3) is 6.71. The number of hydrogen-bond donors (Lipinski definition) is 2. The predicted molar refractivity (Wildman–Crippen MR) is 128 cm³/mol. The summed E-state index contributed by atoms with van der Waals surface area (Å²) in [6, 6.07) is 4.74. The number of carbonyl (C=O) groups excluding carboxylic acids is 2. The number of amides is 2. The fraction of sp³-hybridized carbons (Fsp3) is 0.200. The largest absolute Gasteiger partial charge is 0.494 e. The van der Waals surface area contributed by atoms with Crippen LogP contribution in [0.4, 0.5) is 59.7 Å². The lowest BCUT2D eigenvalue weighted by atomic mass is 9.93. The van der Waals surface area contributed by atoms with Crippen LogP contribution in [0.2, 0.25) is 5.02 Å². The summed E-state index contributed by atoms with van der Waals surface area (Å²) in [7, 11) is 0.989. The standard InChI is InChI=1S/C25H14ClF11N2O4/c1-42-19-13(3-2-4-16(19)38-20(40)12-6-5-11(27)9-15(12)28)21(41)39-18-14(26)7-10(8-17(18)43-22(29)30)23(31,24(32,33)34)25(35,36)37/h2-9,22H,1H3,(H,38,40)(H,39,41). The first-order valence-electron chi connectivity index (χ1n) is 11.2. The lowest BCUT2D eigenvalue weighted by Gasteiger charge is -2.31. The topological polar surface area (TPSA) is 76.7 Å². The summed E-state index contributed by atoms with van der Waals surface area (Å²) in [4.78, 5) is 25.5. The molecule has 0 aliphatic carbocycles. The molecule has 3 aromatic rings. The summed E-state index contributed by atoms with van der Waals surface area (Å²) >= 11 is 5.73. The van der Waals surface area contributed by atoms with Gasteiger partial charge in [-0.2, -0.15) is 35.1 Å². The van der Waals surface area contributed by atoms with Crippen LogP contribution in [0.3, 0.4) is 0 Å². The van der Waals surface area contributed by atoms with Crippen LogP contribution in [-0.4, -0.2) is 37.9 Å². The maximum Gasteiger partial charge on any atom is 0.435 e. The van der Waals surface area contributed by atoms with Gasteiger partial charge in [0.05, 0.1) is 28.9 Å². The number of benzene rings is 3. The van der Waals surface area contributed by atoms with Crippen LogP contribution < -0.4 is 20.1 Å². The van der Waals surface area contributed by atoms with Crippen molar-refractivity contribution < 1.29 is 67.4 Å². The van der Waals surface area contributed by atoms with Gasteiger partial charge in [0.25, 0.3) is 11.8 Å². The molecular formula is C25H14ClF11N2O4. The predicted octanol–water partition coefficient (Wildman–Crippen LogP) is 8.02. The van der Waals surface area contributed by atoms with Gasteiger partial charge in [-0.3, -0.25) is 9.59 Å². The Morgan fingerprint density at radius 2 is 1.44 bits per heavy atom. The molecule has 232 valence electrons. The highest BCUT2D eigenvalue weighted by atomic mass is 35.5. The van der Waals surface area contributed by atoms with E-state index in [1.807, 2.05) is 5.32 Å². The van der Waals surface area contributed by atoms with Gasteiger partial charge in [0, 0.05) is 11.6 Å². The van der Waals surface area contributed by atoms with Gasteiger partial charge in [-0.15, -0.1) is 0 Å². The van der Waals surface area contributed by atoms with Crippen molar-refractivity contribution in [2.75, 3.05) is 17.7 Å². The van der Waals surface area contributed by atoms with Gasteiger partial charge >= 0.3 is 24.6 Å². The van der Waals surface area contributed by atoms with E-state index >= 15 is 0 Å². The Morgan fingerprint density at radius 1 is 0.837 bits per heavy atom. The maximum atomic E-state index is 14.6. The van der Waals surface area contributed by atoms with Crippen LogP contribution in [0.15, 0.2) is 48.5 Å². The highest BCUT2D eigenvalue weighted by Gasteiger charge is 2.73. The first kappa shape index (κ1) is 33.2. The highest BCUT2D eigenvalue weighted by Crippen LogP contribution is 2.55. The molecule has 3 aromatic carbocycles. The molecule has 6 nitrogen and oxygen atoms in total. The molecule has 0 fully saturated rings. The Bertz CT molecular complexity index is 1530. The van der Waals surface area contributed by atoms with Crippen molar-refractivity contribution in [2.45, 2.75) is 24.6 Å². The van der Waals surface area contributed by atoms with Crippen molar-refractivity contribution in [1.29, 1.82) is 0 Å². The van der Waals surface area contributed by atoms with Crippen LogP contribution in [0.1, 0.15) is 26.3 Å². The summed E-state index contributed by atoms with van der Waals surface area (Å²) < 4.78 is 156. The molecule has 0 aliphatic rings. The molecule has 18 heteroatoms. The van der Waals surface area contributed by atoms with Crippen LogP contribution in [0.5, 0.6) is 11.5 Å². The van der Waals surface area contributed by atoms with E-state index in [0.29, 0.717) is 6.07 Å². The lowest BCUT2D eigenvalue weighted by Crippen LogP contribution is -2.50. The Labute approximate surface area is 238 Å². The molecule has 2 amide bonds. The minimum absolute atomic E-state index is 0.193. The van der Waals surface area contributed by atoms with E-state index in [2.05, 4.69) is 10.1 Å². The lowest BCUT2D eigenvalue weighted by molar-refractivity contribution is -0.348. The Hall–Kier alpha value is -4.28. The summed E-state index contributed by atoms with van der Waals surface area (Å²) in [6.07, 6.45) is -13.3. The molecule has 0 unspecified atom stereocenters. The molecule has 2 N–H and O–H groups in total. The number of alkyl halides is 9. The number of rotatable bonds is 8. The number of para-hydroxylation sites is 1. The summed E-state index contributed by atoms with van der Waals surface area (Å²) in [6.45, 7) is -3.90. The minimum Gasteiger partial charge on any atom is -0.494 e. The number of nitrogens with one attached hydrogen (secondary N) is 2. The van der Waals surface area contributed by atoms with Gasteiger partial charge < -0.3 is 20.1 Å². The van der Waals surface area contributed by atoms with Gasteiger partial charge in [0.1, 0.15) is 17.3 Å². The number of hydrogen-bond acceptors (Lipinski definition) is 4. The van der Waals surface area contributed by atoms with Crippen LogP contribution >= 0.6 is 11.6 Å². The van der Waals surface area contributed by atoms with Crippen LogP contribution in [0, 0.1) is 11.6 Å². The number of carbonyl (C=O) groups is 2. The second kappa shape index (κ2) is 12.1. The molecule has 43 heavy (non-hydrogen) atoms. The van der Waals surface area contributed by atoms with Gasteiger partial charge in [0.2, 0.25) is 0 Å². The summed E-state index contributed by atoms with van der Waals surface area (Å²) in [5.74, 6) is -6.76. The van der Waals surface area contributed by atoms with E-state index in [0.717, 1.165) is 37.4 Å². The normalized spacial score (nSPS) is 12.2. The van der Waals surface area contributed by atoms with Crippen molar-refractivity contribution in [2.24, 2.45) is 0 Å². The number of ether oxygens (including phenoxy) is 2. The third-order valence-electron chi connectivity index (χ3n) is 5.58. The van der Waals surface area contributed by atoms with Gasteiger partial charge in [-0.25, -0.2) is 13.2 Å². The number of anilines is 2. The van der Waals surface area contributed by atoms with Crippen molar-refractivity contribution in [3.63, 3.8) is 0 Å². The highest BCUT2D eigenvalue weighted by molar-refractivity contribution is 6.34. The van der Waals surface area contributed by atoms with E-state index in [4.69, 9.17) is 16.3 Å². The van der Waals surface area contributed by atoms with Gasteiger partial charge in [-0.1, -0.05) is 17.7 Å². The van der Waals surface area contributed by atoms with Crippen molar-refractivity contribution in [3.8, 4) is 11.5 Å².